The largest absolute Gasteiger partial charge is 0.275 e. The number of aryl methyl sites for hydroxylation is 1. The molecule has 2 aromatic rings. The van der Waals surface area contributed by atoms with E-state index in [-0.39, 0.29) is 0 Å². The van der Waals surface area contributed by atoms with Crippen molar-refractivity contribution in [1.82, 2.24) is 9.78 Å². The average Bonchev–Trinajstić information content (AvgIpc) is 2.39. The van der Waals surface area contributed by atoms with Gasteiger partial charge >= 0.3 is 0 Å². The van der Waals surface area contributed by atoms with Gasteiger partial charge in [0.05, 0.1) is 9.50 Å². The van der Waals surface area contributed by atoms with Gasteiger partial charge in [-0.2, -0.15) is 5.10 Å². The number of aromatic nitrogens is 2. The molecule has 0 amide bonds. The van der Waals surface area contributed by atoms with E-state index in [2.05, 4.69) is 21.0 Å². The lowest BCUT2D eigenvalue weighted by atomic mass is 10.3. The molecule has 62 valence electrons. The molecular weight excluding hydrogens is 239 g/mol. The van der Waals surface area contributed by atoms with E-state index in [1.807, 2.05) is 25.4 Å². The third-order valence-corrected chi connectivity index (χ3v) is 3.03. The Hall–Kier alpha value is -0.540. The maximum atomic E-state index is 5.90. The fourth-order valence-corrected chi connectivity index (χ4v) is 1.74. The quantitative estimate of drug-likeness (QED) is 0.698. The predicted molar refractivity (Wildman–Crippen MR) is 53.4 cm³/mol. The van der Waals surface area contributed by atoms with Gasteiger partial charge in [-0.05, 0) is 28.1 Å². The van der Waals surface area contributed by atoms with Crippen LogP contribution in [0.3, 0.4) is 0 Å². The second-order valence-corrected chi connectivity index (χ2v) is 3.80. The van der Waals surface area contributed by atoms with Gasteiger partial charge in [0.25, 0.3) is 0 Å². The van der Waals surface area contributed by atoms with Crippen LogP contribution in [0.5, 0.6) is 0 Å². The Morgan fingerprint density at radius 2 is 2.25 bits per heavy atom. The summed E-state index contributed by atoms with van der Waals surface area (Å²) in [6.45, 7) is 0. The Kier molecular flexibility index (Phi) is 1.85. The van der Waals surface area contributed by atoms with Gasteiger partial charge in [0, 0.05) is 18.6 Å². The summed E-state index contributed by atoms with van der Waals surface area (Å²) in [6.07, 6.45) is 1.95. The van der Waals surface area contributed by atoms with Gasteiger partial charge in [0.15, 0.2) is 0 Å². The maximum Gasteiger partial charge on any atom is 0.108 e. The summed E-state index contributed by atoms with van der Waals surface area (Å²) in [6, 6.07) is 3.81. The molecule has 0 saturated heterocycles. The minimum atomic E-state index is 0.696. The van der Waals surface area contributed by atoms with Crippen LogP contribution in [0.15, 0.2) is 22.8 Å². The molecule has 2 nitrogen and oxygen atoms in total. The van der Waals surface area contributed by atoms with Crippen molar-refractivity contribution in [1.29, 1.82) is 0 Å². The Balaban J connectivity index is 2.89. The topological polar surface area (TPSA) is 17.8 Å². The lowest BCUT2D eigenvalue weighted by Gasteiger charge is -1.94. The molecule has 4 heteroatoms. The highest BCUT2D eigenvalue weighted by molar-refractivity contribution is 9.10. The number of rotatable bonds is 0. The fraction of sp³-hybridized carbons (Fsp3) is 0.125. The van der Waals surface area contributed by atoms with E-state index >= 15 is 0 Å². The van der Waals surface area contributed by atoms with Crippen molar-refractivity contribution in [2.45, 2.75) is 0 Å². The molecule has 0 radical (unpaired) electrons. The lowest BCUT2D eigenvalue weighted by Crippen LogP contribution is -1.85. The second kappa shape index (κ2) is 2.75. The molecule has 0 bridgehead atoms. The van der Waals surface area contributed by atoms with E-state index < -0.39 is 0 Å². The van der Waals surface area contributed by atoms with E-state index in [1.54, 1.807) is 4.68 Å². The monoisotopic (exact) mass is 244 g/mol. The van der Waals surface area contributed by atoms with E-state index in [4.69, 9.17) is 11.6 Å². The molecule has 0 N–H and O–H groups in total. The molecule has 1 heterocycles. The highest BCUT2D eigenvalue weighted by atomic mass is 79.9. The highest BCUT2D eigenvalue weighted by Crippen LogP contribution is 2.29. The minimum Gasteiger partial charge on any atom is -0.275 e. The van der Waals surface area contributed by atoms with Crippen LogP contribution in [0.4, 0.5) is 0 Å². The van der Waals surface area contributed by atoms with Crippen LogP contribution in [0.25, 0.3) is 10.9 Å². The summed E-state index contributed by atoms with van der Waals surface area (Å²) >= 11 is 9.29. The number of hydrogen-bond donors (Lipinski definition) is 0. The van der Waals surface area contributed by atoms with Crippen molar-refractivity contribution in [3.8, 4) is 0 Å². The van der Waals surface area contributed by atoms with Gasteiger partial charge in [0.2, 0.25) is 0 Å². The molecule has 0 fully saturated rings. The van der Waals surface area contributed by atoms with Crippen molar-refractivity contribution in [3.05, 3.63) is 27.8 Å². The van der Waals surface area contributed by atoms with E-state index in [0.717, 1.165) is 15.4 Å². The molecule has 12 heavy (non-hydrogen) atoms. The smallest absolute Gasteiger partial charge is 0.108 e. The Morgan fingerprint density at radius 1 is 1.50 bits per heavy atom. The zero-order valence-corrected chi connectivity index (χ0v) is 8.72. The molecule has 1 aromatic carbocycles. The number of benzene rings is 1. The summed E-state index contributed by atoms with van der Waals surface area (Å²) in [4.78, 5) is 0. The number of halogens is 2. The van der Waals surface area contributed by atoms with Crippen LogP contribution in [0, 0.1) is 0 Å². The standard InChI is InChI=1S/C8H6BrClN2/c1-12-4-5-2-3-6(10)7(9)8(5)11-12/h2-4H,1H3. The minimum absolute atomic E-state index is 0.696. The molecule has 0 spiro atoms. The molecule has 0 aliphatic rings. The van der Waals surface area contributed by atoms with Crippen LogP contribution < -0.4 is 0 Å². The zero-order chi connectivity index (χ0) is 8.72. The third-order valence-electron chi connectivity index (χ3n) is 1.68. The number of fused-ring (bicyclic) bond motifs is 1. The van der Waals surface area contributed by atoms with Crippen molar-refractivity contribution < 1.29 is 0 Å². The van der Waals surface area contributed by atoms with Crippen LogP contribution in [0.1, 0.15) is 0 Å². The summed E-state index contributed by atoms with van der Waals surface area (Å²) in [5, 5.41) is 6.05. The van der Waals surface area contributed by atoms with Crippen LogP contribution in [0.2, 0.25) is 5.02 Å². The second-order valence-electron chi connectivity index (χ2n) is 2.60. The normalized spacial score (nSPS) is 10.9. The molecule has 0 aliphatic carbocycles. The summed E-state index contributed by atoms with van der Waals surface area (Å²) in [5.74, 6) is 0. The maximum absolute atomic E-state index is 5.90. The Bertz CT molecular complexity index is 436. The fourth-order valence-electron chi connectivity index (χ4n) is 1.15. The van der Waals surface area contributed by atoms with Crippen molar-refractivity contribution in [3.63, 3.8) is 0 Å². The molecule has 0 atom stereocenters. The van der Waals surface area contributed by atoms with E-state index in [9.17, 15) is 0 Å². The Labute approximate surface area is 83.3 Å². The van der Waals surface area contributed by atoms with Crippen LogP contribution >= 0.6 is 27.5 Å². The van der Waals surface area contributed by atoms with Gasteiger partial charge in [-0.15, -0.1) is 0 Å². The van der Waals surface area contributed by atoms with Gasteiger partial charge in [-0.3, -0.25) is 4.68 Å². The summed E-state index contributed by atoms with van der Waals surface area (Å²) < 4.78 is 2.63. The van der Waals surface area contributed by atoms with Crippen molar-refractivity contribution >= 4 is 38.4 Å². The summed E-state index contributed by atoms with van der Waals surface area (Å²) in [7, 11) is 1.89. The first-order valence-corrected chi connectivity index (χ1v) is 4.63. The zero-order valence-electron chi connectivity index (χ0n) is 6.38. The first kappa shape index (κ1) is 8.08. The third kappa shape index (κ3) is 1.13. The van der Waals surface area contributed by atoms with Gasteiger partial charge in [-0.25, -0.2) is 0 Å². The van der Waals surface area contributed by atoms with Gasteiger partial charge < -0.3 is 0 Å². The van der Waals surface area contributed by atoms with E-state index in [0.29, 0.717) is 5.02 Å². The van der Waals surface area contributed by atoms with Gasteiger partial charge in [-0.1, -0.05) is 11.6 Å². The molecule has 0 unspecified atom stereocenters. The van der Waals surface area contributed by atoms with Crippen LogP contribution in [-0.4, -0.2) is 9.78 Å². The predicted octanol–water partition coefficient (Wildman–Crippen LogP) is 2.99. The number of nitrogens with zero attached hydrogens (tertiary/aromatic N) is 2. The summed E-state index contributed by atoms with van der Waals surface area (Å²) in [5.41, 5.74) is 0.907. The average molecular weight is 246 g/mol. The lowest BCUT2D eigenvalue weighted by molar-refractivity contribution is 0.779. The first-order chi connectivity index (χ1) is 5.68. The molecule has 0 aliphatic heterocycles. The van der Waals surface area contributed by atoms with Gasteiger partial charge in [0.1, 0.15) is 5.52 Å². The van der Waals surface area contributed by atoms with Crippen molar-refractivity contribution in [2.24, 2.45) is 7.05 Å². The molecule has 1 aromatic heterocycles. The SMILES string of the molecule is Cn1cc2ccc(Cl)c(Br)c2n1. The first-order valence-electron chi connectivity index (χ1n) is 3.46. The molecule has 2 rings (SSSR count). The van der Waals surface area contributed by atoms with Crippen LogP contribution in [-0.2, 0) is 7.05 Å². The number of hydrogen-bond acceptors (Lipinski definition) is 1. The Morgan fingerprint density at radius 3 is 3.00 bits per heavy atom. The van der Waals surface area contributed by atoms with E-state index in [1.165, 1.54) is 0 Å². The molecule has 0 saturated carbocycles. The molecular formula is C8H6BrClN2. The van der Waals surface area contributed by atoms with Crippen molar-refractivity contribution in [2.75, 3.05) is 0 Å². The highest BCUT2D eigenvalue weighted by Gasteiger charge is 2.05.